The molecule has 1 aliphatic carbocycles. The van der Waals surface area contributed by atoms with Gasteiger partial charge in [0, 0.05) is 4.91 Å². The van der Waals surface area contributed by atoms with Crippen LogP contribution in [0.1, 0.15) is 18.9 Å². The molecule has 0 N–H and O–H groups in total. The van der Waals surface area contributed by atoms with E-state index < -0.39 is 11.5 Å². The fourth-order valence-electron chi connectivity index (χ4n) is 2.08. The monoisotopic (exact) mass is 249 g/mol. The van der Waals surface area contributed by atoms with Crippen molar-refractivity contribution >= 4 is 5.97 Å². The van der Waals surface area contributed by atoms with Gasteiger partial charge in [0.05, 0.1) is 18.1 Å². The second kappa shape index (κ2) is 4.66. The van der Waals surface area contributed by atoms with Gasteiger partial charge >= 0.3 is 5.97 Å². The molecule has 1 aromatic rings. The Morgan fingerprint density at radius 3 is 2.83 bits per heavy atom. The van der Waals surface area contributed by atoms with Gasteiger partial charge < -0.3 is 4.74 Å². The lowest BCUT2D eigenvalue weighted by Crippen LogP contribution is -2.15. The highest BCUT2D eigenvalue weighted by atomic mass is 19.1. The molecule has 2 atom stereocenters. The number of carbonyl (C=O) groups excluding carboxylic acids is 1. The van der Waals surface area contributed by atoms with Crippen molar-refractivity contribution in [3.05, 3.63) is 46.1 Å². The number of hydrogen-bond donors (Lipinski definition) is 0. The van der Waals surface area contributed by atoms with Gasteiger partial charge in [-0.1, -0.05) is 17.2 Å². The van der Waals surface area contributed by atoms with Crippen molar-refractivity contribution in [2.24, 2.45) is 11.0 Å². The molecule has 1 aliphatic rings. The summed E-state index contributed by atoms with van der Waals surface area (Å²) in [4.78, 5) is 14.4. The van der Waals surface area contributed by atoms with Gasteiger partial charge in [-0.25, -0.2) is 4.39 Å². The molecule has 18 heavy (non-hydrogen) atoms. The first-order chi connectivity index (χ1) is 8.64. The van der Waals surface area contributed by atoms with E-state index in [4.69, 9.17) is 10.3 Å². The fraction of sp³-hybridized carbons (Fsp3) is 0.417. The Balaban J connectivity index is 2.28. The fourth-order valence-corrected chi connectivity index (χ4v) is 2.08. The first-order valence-corrected chi connectivity index (χ1v) is 5.63. The van der Waals surface area contributed by atoms with E-state index in [1.165, 1.54) is 24.3 Å². The zero-order chi connectivity index (χ0) is 13.2. The highest BCUT2D eigenvalue weighted by Crippen LogP contribution is 2.56. The van der Waals surface area contributed by atoms with Crippen molar-refractivity contribution < 1.29 is 13.9 Å². The maximum absolute atomic E-state index is 12.9. The number of benzene rings is 1. The average Bonchev–Trinajstić information content (AvgIpc) is 3.06. The van der Waals surface area contributed by atoms with E-state index in [2.05, 4.69) is 10.0 Å². The van der Waals surface area contributed by atoms with Crippen LogP contribution < -0.4 is 0 Å². The molecule has 0 spiro atoms. The van der Waals surface area contributed by atoms with Crippen molar-refractivity contribution in [3.8, 4) is 0 Å². The quantitative estimate of drug-likeness (QED) is 0.356. The Morgan fingerprint density at radius 2 is 2.28 bits per heavy atom. The molecular formula is C12H12FN3O2. The van der Waals surface area contributed by atoms with Crippen LogP contribution >= 0.6 is 0 Å². The summed E-state index contributed by atoms with van der Waals surface area (Å²) in [5.74, 6) is -1.23. The lowest BCUT2D eigenvalue weighted by atomic mass is 10.0. The molecule has 1 aromatic carbocycles. The Hall–Kier alpha value is -2.07. The Kier molecular flexibility index (Phi) is 3.21. The molecule has 1 fully saturated rings. The van der Waals surface area contributed by atoms with E-state index in [1.54, 1.807) is 6.92 Å². The zero-order valence-corrected chi connectivity index (χ0v) is 9.84. The summed E-state index contributed by atoms with van der Waals surface area (Å²) in [5, 5.41) is 3.71. The summed E-state index contributed by atoms with van der Waals surface area (Å²) in [6.07, 6.45) is 0.404. The van der Waals surface area contributed by atoms with E-state index in [0.29, 0.717) is 12.0 Å². The highest BCUT2D eigenvalue weighted by molar-refractivity contribution is 5.79. The first kappa shape index (κ1) is 12.4. The summed E-state index contributed by atoms with van der Waals surface area (Å²) in [7, 11) is 0. The average molecular weight is 249 g/mol. The third-order valence-electron chi connectivity index (χ3n) is 3.07. The number of rotatable bonds is 4. The lowest BCUT2D eigenvalue weighted by molar-refractivity contribution is -0.145. The van der Waals surface area contributed by atoms with E-state index >= 15 is 0 Å². The second-order valence-corrected chi connectivity index (χ2v) is 4.13. The van der Waals surface area contributed by atoms with Crippen LogP contribution in [0.25, 0.3) is 10.4 Å². The summed E-state index contributed by atoms with van der Waals surface area (Å²) in [5.41, 5.74) is 8.35. The van der Waals surface area contributed by atoms with Crippen molar-refractivity contribution in [1.29, 1.82) is 0 Å². The standard InChI is InChI=1S/C12H12FN3O2/c1-2-18-11(17)10-7-12(10,15-16-14)8-3-5-9(13)6-4-8/h3-6,10H,2,7H2,1H3. The minimum absolute atomic E-state index is 0.283. The molecule has 0 aromatic heterocycles. The van der Waals surface area contributed by atoms with Gasteiger partial charge in [-0.15, -0.1) is 0 Å². The molecule has 0 amide bonds. The topological polar surface area (TPSA) is 75.1 Å². The SMILES string of the molecule is CCOC(=O)C1CC1(N=[N+]=[N-])c1ccc(F)cc1. The zero-order valence-electron chi connectivity index (χ0n) is 9.84. The van der Waals surface area contributed by atoms with Crippen LogP contribution in [-0.2, 0) is 15.1 Å². The Bertz CT molecular complexity index is 511. The van der Waals surface area contributed by atoms with Crippen LogP contribution in [0.15, 0.2) is 29.4 Å². The first-order valence-electron chi connectivity index (χ1n) is 5.63. The highest BCUT2D eigenvalue weighted by Gasteiger charge is 2.60. The minimum atomic E-state index is -0.908. The van der Waals surface area contributed by atoms with Crippen molar-refractivity contribution in [2.45, 2.75) is 18.9 Å². The van der Waals surface area contributed by atoms with Gasteiger partial charge in [-0.2, -0.15) is 0 Å². The third kappa shape index (κ3) is 2.02. The van der Waals surface area contributed by atoms with Crippen molar-refractivity contribution in [2.75, 3.05) is 6.61 Å². The molecule has 0 aliphatic heterocycles. The molecule has 1 saturated carbocycles. The van der Waals surface area contributed by atoms with E-state index in [0.717, 1.165) is 0 Å². The molecule has 2 rings (SSSR count). The number of nitrogens with zero attached hydrogens (tertiary/aromatic N) is 3. The number of halogens is 1. The van der Waals surface area contributed by atoms with E-state index in [1.807, 2.05) is 0 Å². The van der Waals surface area contributed by atoms with Gasteiger partial charge in [0.15, 0.2) is 0 Å². The molecule has 94 valence electrons. The van der Waals surface area contributed by atoms with E-state index in [-0.39, 0.29) is 18.4 Å². The third-order valence-corrected chi connectivity index (χ3v) is 3.07. The van der Waals surface area contributed by atoms with Crippen LogP contribution in [-0.4, -0.2) is 12.6 Å². The van der Waals surface area contributed by atoms with Gasteiger partial charge in [0.1, 0.15) is 5.82 Å². The predicted molar refractivity (Wildman–Crippen MR) is 62.0 cm³/mol. The molecule has 5 nitrogen and oxygen atoms in total. The predicted octanol–water partition coefficient (Wildman–Crippen LogP) is 2.91. The number of carbonyl (C=O) groups is 1. The summed E-state index contributed by atoms with van der Waals surface area (Å²) >= 11 is 0. The van der Waals surface area contributed by atoms with Crippen LogP contribution in [0, 0.1) is 11.7 Å². The van der Waals surface area contributed by atoms with Crippen molar-refractivity contribution in [3.63, 3.8) is 0 Å². The van der Waals surface area contributed by atoms with Crippen LogP contribution in [0.5, 0.6) is 0 Å². The molecule has 2 unspecified atom stereocenters. The molecule has 0 saturated heterocycles. The Morgan fingerprint density at radius 1 is 1.61 bits per heavy atom. The summed E-state index contributed by atoms with van der Waals surface area (Å²) < 4.78 is 17.8. The number of hydrogen-bond acceptors (Lipinski definition) is 3. The maximum atomic E-state index is 12.9. The van der Waals surface area contributed by atoms with Gasteiger partial charge in [0.2, 0.25) is 0 Å². The lowest BCUT2D eigenvalue weighted by Gasteiger charge is -2.10. The van der Waals surface area contributed by atoms with Gasteiger partial charge in [0.25, 0.3) is 0 Å². The van der Waals surface area contributed by atoms with E-state index in [9.17, 15) is 9.18 Å². The second-order valence-electron chi connectivity index (χ2n) is 4.13. The molecule has 0 radical (unpaired) electrons. The number of esters is 1. The van der Waals surface area contributed by atoms with Crippen molar-refractivity contribution in [1.82, 2.24) is 0 Å². The molecule has 6 heteroatoms. The maximum Gasteiger partial charge on any atom is 0.309 e. The van der Waals surface area contributed by atoms with Crippen LogP contribution in [0.2, 0.25) is 0 Å². The summed E-state index contributed by atoms with van der Waals surface area (Å²) in [6.45, 7) is 2.00. The Labute approximate surface area is 103 Å². The minimum Gasteiger partial charge on any atom is -0.466 e. The smallest absolute Gasteiger partial charge is 0.309 e. The number of ether oxygens (including phenoxy) is 1. The molecular weight excluding hydrogens is 237 g/mol. The van der Waals surface area contributed by atoms with Gasteiger partial charge in [-0.3, -0.25) is 4.79 Å². The van der Waals surface area contributed by atoms with Crippen LogP contribution in [0.3, 0.4) is 0 Å². The van der Waals surface area contributed by atoms with Gasteiger partial charge in [-0.05, 0) is 36.6 Å². The molecule has 0 heterocycles. The summed E-state index contributed by atoms with van der Waals surface area (Å²) in [6, 6.07) is 5.63. The van der Waals surface area contributed by atoms with Crippen LogP contribution in [0.4, 0.5) is 4.39 Å². The normalized spacial score (nSPS) is 25.1. The largest absolute Gasteiger partial charge is 0.466 e. The molecule has 0 bridgehead atoms. The number of azide groups is 1.